The average molecular weight is 258 g/mol. The summed E-state index contributed by atoms with van der Waals surface area (Å²) in [5.74, 6) is 0.240. The van der Waals surface area contributed by atoms with E-state index in [-0.39, 0.29) is 24.5 Å². The zero-order valence-electron chi connectivity index (χ0n) is 9.64. The standard InChI is InChI=1S/C12H15NO3.ClH/c1-15-12(14)10-4-2-3-5-11(10)16-9-6-7-13-8-9;/h2-5,9,13H,6-8H2,1H3;1H. The Morgan fingerprint density at radius 2 is 2.18 bits per heavy atom. The fourth-order valence-corrected chi connectivity index (χ4v) is 1.76. The fourth-order valence-electron chi connectivity index (χ4n) is 1.76. The van der Waals surface area contributed by atoms with E-state index in [1.165, 1.54) is 7.11 Å². The van der Waals surface area contributed by atoms with E-state index in [1.807, 2.05) is 6.07 Å². The maximum absolute atomic E-state index is 11.5. The lowest BCUT2D eigenvalue weighted by molar-refractivity contribution is 0.0593. The van der Waals surface area contributed by atoms with Crippen LogP contribution >= 0.6 is 12.4 Å². The average Bonchev–Trinajstić information content (AvgIpc) is 2.82. The van der Waals surface area contributed by atoms with Crippen LogP contribution in [-0.4, -0.2) is 32.3 Å². The van der Waals surface area contributed by atoms with Gasteiger partial charge < -0.3 is 14.8 Å². The second-order valence-corrected chi connectivity index (χ2v) is 3.72. The van der Waals surface area contributed by atoms with Gasteiger partial charge in [0.05, 0.1) is 7.11 Å². The van der Waals surface area contributed by atoms with Crippen LogP contribution in [0.4, 0.5) is 0 Å². The Kier molecular flexibility index (Phi) is 5.25. The number of carbonyl (C=O) groups is 1. The van der Waals surface area contributed by atoms with Gasteiger partial charge in [-0.2, -0.15) is 0 Å². The van der Waals surface area contributed by atoms with E-state index in [9.17, 15) is 4.79 Å². The summed E-state index contributed by atoms with van der Waals surface area (Å²) in [4.78, 5) is 11.5. The zero-order chi connectivity index (χ0) is 11.4. The molecule has 1 N–H and O–H groups in total. The Morgan fingerprint density at radius 1 is 1.41 bits per heavy atom. The molecule has 0 aromatic heterocycles. The molecule has 1 aliphatic rings. The summed E-state index contributed by atoms with van der Waals surface area (Å²) >= 11 is 0. The summed E-state index contributed by atoms with van der Waals surface area (Å²) in [6.07, 6.45) is 1.11. The predicted octanol–water partition coefficient (Wildman–Crippen LogP) is 1.64. The molecule has 1 atom stereocenters. The second kappa shape index (κ2) is 6.47. The minimum absolute atomic E-state index is 0. The van der Waals surface area contributed by atoms with Crippen LogP contribution in [0.25, 0.3) is 0 Å². The van der Waals surface area contributed by atoms with Crippen molar-refractivity contribution in [2.24, 2.45) is 0 Å². The van der Waals surface area contributed by atoms with Crippen molar-refractivity contribution in [1.29, 1.82) is 0 Å². The third-order valence-corrected chi connectivity index (χ3v) is 2.60. The quantitative estimate of drug-likeness (QED) is 0.837. The Labute approximate surface area is 107 Å². The molecule has 0 bridgehead atoms. The molecular formula is C12H16ClNO3. The van der Waals surface area contributed by atoms with Crippen molar-refractivity contribution in [1.82, 2.24) is 5.32 Å². The minimum atomic E-state index is -0.360. The first-order valence-corrected chi connectivity index (χ1v) is 5.36. The van der Waals surface area contributed by atoms with E-state index in [0.717, 1.165) is 19.5 Å². The van der Waals surface area contributed by atoms with Gasteiger partial charge in [-0.25, -0.2) is 4.79 Å². The topological polar surface area (TPSA) is 47.6 Å². The van der Waals surface area contributed by atoms with Crippen LogP contribution in [-0.2, 0) is 4.74 Å². The molecule has 94 valence electrons. The highest BCUT2D eigenvalue weighted by atomic mass is 35.5. The number of esters is 1. The number of halogens is 1. The molecule has 2 rings (SSSR count). The SMILES string of the molecule is COC(=O)c1ccccc1OC1CCNC1.Cl. The Balaban J connectivity index is 0.00000144. The van der Waals surface area contributed by atoms with Gasteiger partial charge in [-0.1, -0.05) is 12.1 Å². The van der Waals surface area contributed by atoms with Crippen molar-refractivity contribution < 1.29 is 14.3 Å². The summed E-state index contributed by atoms with van der Waals surface area (Å²) < 4.78 is 10.5. The first-order chi connectivity index (χ1) is 7.81. The number of carbonyl (C=O) groups excluding carboxylic acids is 1. The predicted molar refractivity (Wildman–Crippen MR) is 66.9 cm³/mol. The fraction of sp³-hybridized carbons (Fsp3) is 0.417. The van der Waals surface area contributed by atoms with Crippen LogP contribution in [0.3, 0.4) is 0 Å². The van der Waals surface area contributed by atoms with E-state index in [0.29, 0.717) is 11.3 Å². The molecule has 0 aliphatic carbocycles. The summed E-state index contributed by atoms with van der Waals surface area (Å²) in [6.45, 7) is 1.79. The van der Waals surface area contributed by atoms with E-state index >= 15 is 0 Å². The number of methoxy groups -OCH3 is 1. The number of nitrogens with one attached hydrogen (secondary N) is 1. The first-order valence-electron chi connectivity index (χ1n) is 5.36. The lowest BCUT2D eigenvalue weighted by Gasteiger charge is -2.14. The van der Waals surface area contributed by atoms with E-state index in [1.54, 1.807) is 18.2 Å². The van der Waals surface area contributed by atoms with Crippen LogP contribution in [0, 0.1) is 0 Å². The molecule has 0 spiro atoms. The highest BCUT2D eigenvalue weighted by Gasteiger charge is 2.19. The molecule has 0 amide bonds. The molecule has 1 fully saturated rings. The van der Waals surface area contributed by atoms with Crippen LogP contribution in [0.5, 0.6) is 5.75 Å². The molecule has 1 aliphatic heterocycles. The van der Waals surface area contributed by atoms with Crippen LogP contribution < -0.4 is 10.1 Å². The van der Waals surface area contributed by atoms with Gasteiger partial charge in [0.25, 0.3) is 0 Å². The third kappa shape index (κ3) is 3.35. The normalized spacial score (nSPS) is 18.3. The van der Waals surface area contributed by atoms with Crippen molar-refractivity contribution >= 4 is 18.4 Å². The second-order valence-electron chi connectivity index (χ2n) is 3.72. The zero-order valence-corrected chi connectivity index (χ0v) is 10.5. The number of benzene rings is 1. The highest BCUT2D eigenvalue weighted by molar-refractivity contribution is 5.92. The molecule has 0 saturated carbocycles. The molecular weight excluding hydrogens is 242 g/mol. The number of hydrogen-bond acceptors (Lipinski definition) is 4. The number of para-hydroxylation sites is 1. The van der Waals surface area contributed by atoms with Crippen LogP contribution in [0.2, 0.25) is 0 Å². The lowest BCUT2D eigenvalue weighted by atomic mass is 10.2. The van der Waals surface area contributed by atoms with Crippen LogP contribution in [0.15, 0.2) is 24.3 Å². The molecule has 1 heterocycles. The molecule has 4 nitrogen and oxygen atoms in total. The minimum Gasteiger partial charge on any atom is -0.488 e. The first kappa shape index (κ1) is 13.8. The van der Waals surface area contributed by atoms with E-state index < -0.39 is 0 Å². The van der Waals surface area contributed by atoms with E-state index in [2.05, 4.69) is 5.32 Å². The van der Waals surface area contributed by atoms with Crippen molar-refractivity contribution in [2.75, 3.05) is 20.2 Å². The number of hydrogen-bond donors (Lipinski definition) is 1. The summed E-state index contributed by atoms with van der Waals surface area (Å²) in [5.41, 5.74) is 0.483. The lowest BCUT2D eigenvalue weighted by Crippen LogP contribution is -2.20. The van der Waals surface area contributed by atoms with Gasteiger partial charge in [-0.15, -0.1) is 12.4 Å². The van der Waals surface area contributed by atoms with Gasteiger partial charge >= 0.3 is 5.97 Å². The van der Waals surface area contributed by atoms with Gasteiger partial charge in [0, 0.05) is 6.54 Å². The molecule has 17 heavy (non-hydrogen) atoms. The maximum Gasteiger partial charge on any atom is 0.341 e. The summed E-state index contributed by atoms with van der Waals surface area (Å²) in [6, 6.07) is 7.16. The molecule has 0 radical (unpaired) electrons. The molecule has 1 saturated heterocycles. The molecule has 1 unspecified atom stereocenters. The van der Waals surface area contributed by atoms with E-state index in [4.69, 9.17) is 9.47 Å². The summed E-state index contributed by atoms with van der Waals surface area (Å²) in [7, 11) is 1.37. The van der Waals surface area contributed by atoms with Crippen molar-refractivity contribution in [3.05, 3.63) is 29.8 Å². The molecule has 1 aromatic carbocycles. The monoisotopic (exact) mass is 257 g/mol. The van der Waals surface area contributed by atoms with Gasteiger partial charge in [-0.05, 0) is 25.1 Å². The molecule has 1 aromatic rings. The molecule has 5 heteroatoms. The van der Waals surface area contributed by atoms with Crippen molar-refractivity contribution in [2.45, 2.75) is 12.5 Å². The Hall–Kier alpha value is -1.26. The number of ether oxygens (including phenoxy) is 2. The van der Waals surface area contributed by atoms with Gasteiger partial charge in [0.15, 0.2) is 0 Å². The Morgan fingerprint density at radius 3 is 2.82 bits per heavy atom. The smallest absolute Gasteiger partial charge is 0.341 e. The van der Waals surface area contributed by atoms with Gasteiger partial charge in [0.1, 0.15) is 17.4 Å². The van der Waals surface area contributed by atoms with Gasteiger partial charge in [0.2, 0.25) is 0 Å². The summed E-state index contributed by atoms with van der Waals surface area (Å²) in [5, 5.41) is 3.21. The highest BCUT2D eigenvalue weighted by Crippen LogP contribution is 2.21. The van der Waals surface area contributed by atoms with Gasteiger partial charge in [-0.3, -0.25) is 0 Å². The van der Waals surface area contributed by atoms with Crippen molar-refractivity contribution in [3.8, 4) is 5.75 Å². The van der Waals surface area contributed by atoms with Crippen molar-refractivity contribution in [3.63, 3.8) is 0 Å². The third-order valence-electron chi connectivity index (χ3n) is 2.60. The largest absolute Gasteiger partial charge is 0.488 e. The van der Waals surface area contributed by atoms with Crippen LogP contribution in [0.1, 0.15) is 16.8 Å². The Bertz CT molecular complexity index is 378. The number of rotatable bonds is 3. The maximum atomic E-state index is 11.5.